The van der Waals surface area contributed by atoms with E-state index in [0.29, 0.717) is 15.1 Å². The normalized spacial score (nSPS) is 10.8. The van der Waals surface area contributed by atoms with Crippen LogP contribution in [0.5, 0.6) is 0 Å². The number of aromatic nitrogens is 2. The molecular weight excluding hydrogens is 282 g/mol. The Morgan fingerprint density at radius 1 is 1.32 bits per heavy atom. The molecule has 3 aromatic heterocycles. The van der Waals surface area contributed by atoms with Crippen molar-refractivity contribution in [2.24, 2.45) is 0 Å². The van der Waals surface area contributed by atoms with Crippen molar-refractivity contribution in [1.29, 1.82) is 0 Å². The van der Waals surface area contributed by atoms with Crippen molar-refractivity contribution in [3.8, 4) is 0 Å². The van der Waals surface area contributed by atoms with Gasteiger partial charge in [-0.2, -0.15) is 0 Å². The SMILES string of the molecule is CN(C(=O)c1cccs1)n1cnc2ccsc2c1=O. The topological polar surface area (TPSA) is 55.2 Å². The first kappa shape index (κ1) is 12.1. The first-order chi connectivity index (χ1) is 9.18. The summed E-state index contributed by atoms with van der Waals surface area (Å²) in [4.78, 5) is 29.2. The monoisotopic (exact) mass is 291 g/mol. The molecular formula is C12H9N3O2S2. The van der Waals surface area contributed by atoms with Crippen molar-refractivity contribution >= 4 is 38.8 Å². The molecule has 0 radical (unpaired) electrons. The molecule has 0 bridgehead atoms. The Bertz CT molecular complexity index is 789. The van der Waals surface area contributed by atoms with Crippen molar-refractivity contribution in [3.63, 3.8) is 0 Å². The van der Waals surface area contributed by atoms with E-state index in [1.807, 2.05) is 10.8 Å². The molecule has 0 saturated heterocycles. The number of hydrogen-bond donors (Lipinski definition) is 0. The summed E-state index contributed by atoms with van der Waals surface area (Å²) in [5.41, 5.74) is 0.427. The Balaban J connectivity index is 2.07. The molecule has 1 amide bonds. The molecule has 3 rings (SSSR count). The number of rotatable bonds is 2. The van der Waals surface area contributed by atoms with Gasteiger partial charge in [0, 0.05) is 7.05 Å². The second-order valence-electron chi connectivity index (χ2n) is 3.84. The number of thiophene rings is 2. The molecule has 5 nitrogen and oxygen atoms in total. The predicted molar refractivity (Wildman–Crippen MR) is 76.7 cm³/mol. The fourth-order valence-corrected chi connectivity index (χ4v) is 3.17. The standard InChI is InChI=1S/C12H9N3O2S2/c1-14(11(16)9-3-2-5-18-9)15-7-13-8-4-6-19-10(8)12(15)17/h2-7H,1H3. The van der Waals surface area contributed by atoms with Gasteiger partial charge in [-0.3, -0.25) is 9.59 Å². The summed E-state index contributed by atoms with van der Waals surface area (Å²) in [6.45, 7) is 0. The van der Waals surface area contributed by atoms with E-state index < -0.39 is 0 Å². The Labute approximate surface area is 116 Å². The highest BCUT2D eigenvalue weighted by atomic mass is 32.1. The number of carbonyl (C=O) groups is 1. The molecule has 0 unspecified atom stereocenters. The van der Waals surface area contributed by atoms with Gasteiger partial charge in [0.25, 0.3) is 11.5 Å². The molecule has 0 aliphatic heterocycles. The number of hydrogen-bond acceptors (Lipinski definition) is 5. The molecule has 0 atom stereocenters. The summed E-state index contributed by atoms with van der Waals surface area (Å²) >= 11 is 2.66. The first-order valence-electron chi connectivity index (χ1n) is 5.45. The summed E-state index contributed by atoms with van der Waals surface area (Å²) < 4.78 is 1.79. The Morgan fingerprint density at radius 3 is 2.89 bits per heavy atom. The molecule has 0 spiro atoms. The van der Waals surface area contributed by atoms with Gasteiger partial charge in [-0.05, 0) is 22.9 Å². The molecule has 0 aliphatic carbocycles. The summed E-state index contributed by atoms with van der Waals surface area (Å²) in [6.07, 6.45) is 1.38. The summed E-state index contributed by atoms with van der Waals surface area (Å²) in [5.74, 6) is -0.227. The molecule has 0 aliphatic rings. The van der Waals surface area contributed by atoms with E-state index in [4.69, 9.17) is 0 Å². The Hall–Kier alpha value is -1.99. The average molecular weight is 291 g/mol. The zero-order valence-corrected chi connectivity index (χ0v) is 11.6. The molecule has 19 heavy (non-hydrogen) atoms. The van der Waals surface area contributed by atoms with Crippen LogP contribution in [0.3, 0.4) is 0 Å². The van der Waals surface area contributed by atoms with Gasteiger partial charge in [0.1, 0.15) is 11.0 Å². The van der Waals surface area contributed by atoms with Crippen LogP contribution in [0.1, 0.15) is 9.67 Å². The molecule has 7 heteroatoms. The lowest BCUT2D eigenvalue weighted by atomic mass is 10.4. The smallest absolute Gasteiger partial charge is 0.266 e. The minimum atomic E-state index is -0.229. The first-order valence-corrected chi connectivity index (χ1v) is 7.21. The van der Waals surface area contributed by atoms with E-state index in [1.165, 1.54) is 38.7 Å². The lowest BCUT2D eigenvalue weighted by Gasteiger charge is -2.17. The summed E-state index contributed by atoms with van der Waals surface area (Å²) in [5, 5.41) is 4.91. The third kappa shape index (κ3) is 1.96. The van der Waals surface area contributed by atoms with Crippen molar-refractivity contribution in [3.05, 3.63) is 50.5 Å². The van der Waals surface area contributed by atoms with E-state index in [1.54, 1.807) is 25.2 Å². The highest BCUT2D eigenvalue weighted by Gasteiger charge is 2.16. The van der Waals surface area contributed by atoms with Crippen molar-refractivity contribution in [2.75, 3.05) is 12.1 Å². The number of nitrogens with zero attached hydrogens (tertiary/aromatic N) is 3. The van der Waals surface area contributed by atoms with Gasteiger partial charge in [-0.25, -0.2) is 14.7 Å². The minimum Gasteiger partial charge on any atom is -0.266 e. The van der Waals surface area contributed by atoms with Gasteiger partial charge < -0.3 is 0 Å². The third-order valence-corrected chi connectivity index (χ3v) is 4.45. The minimum absolute atomic E-state index is 0.227. The van der Waals surface area contributed by atoms with Crippen molar-refractivity contribution in [1.82, 2.24) is 9.66 Å². The van der Waals surface area contributed by atoms with Gasteiger partial charge >= 0.3 is 0 Å². The number of fused-ring (bicyclic) bond motifs is 1. The maximum Gasteiger partial charge on any atom is 0.290 e. The van der Waals surface area contributed by atoms with Crippen LogP contribution >= 0.6 is 22.7 Å². The quantitative estimate of drug-likeness (QED) is 0.725. The molecule has 96 valence electrons. The van der Waals surface area contributed by atoms with Crippen LogP contribution in [0.2, 0.25) is 0 Å². The van der Waals surface area contributed by atoms with Gasteiger partial charge in [-0.1, -0.05) is 6.07 Å². The molecule has 0 fully saturated rings. The summed E-state index contributed by atoms with van der Waals surface area (Å²) in [7, 11) is 1.56. The Morgan fingerprint density at radius 2 is 2.16 bits per heavy atom. The second-order valence-corrected chi connectivity index (χ2v) is 5.70. The zero-order chi connectivity index (χ0) is 13.4. The lowest BCUT2D eigenvalue weighted by molar-refractivity contribution is 0.0969. The molecule has 3 heterocycles. The largest absolute Gasteiger partial charge is 0.290 e. The number of carbonyl (C=O) groups excluding carboxylic acids is 1. The molecule has 0 aromatic carbocycles. The summed E-state index contributed by atoms with van der Waals surface area (Å²) in [6, 6.07) is 5.31. The van der Waals surface area contributed by atoms with Crippen LogP contribution in [0.4, 0.5) is 0 Å². The maximum atomic E-state index is 12.2. The van der Waals surface area contributed by atoms with E-state index in [-0.39, 0.29) is 11.5 Å². The van der Waals surface area contributed by atoms with E-state index in [9.17, 15) is 9.59 Å². The maximum absolute atomic E-state index is 12.2. The number of amides is 1. The van der Waals surface area contributed by atoms with Gasteiger partial charge in [0.2, 0.25) is 0 Å². The van der Waals surface area contributed by atoms with E-state index in [0.717, 1.165) is 0 Å². The molecule has 0 saturated carbocycles. The highest BCUT2D eigenvalue weighted by molar-refractivity contribution is 7.17. The van der Waals surface area contributed by atoms with Crippen molar-refractivity contribution in [2.45, 2.75) is 0 Å². The lowest BCUT2D eigenvalue weighted by Crippen LogP contribution is -2.43. The highest BCUT2D eigenvalue weighted by Crippen LogP contribution is 2.14. The fraction of sp³-hybridized carbons (Fsp3) is 0.0833. The zero-order valence-electron chi connectivity index (χ0n) is 9.94. The van der Waals surface area contributed by atoms with Crippen LogP contribution in [-0.4, -0.2) is 22.6 Å². The molecule has 3 aromatic rings. The van der Waals surface area contributed by atoms with Gasteiger partial charge in [-0.15, -0.1) is 22.7 Å². The van der Waals surface area contributed by atoms with Crippen LogP contribution in [0.25, 0.3) is 10.2 Å². The second kappa shape index (κ2) is 4.60. The van der Waals surface area contributed by atoms with E-state index >= 15 is 0 Å². The van der Waals surface area contributed by atoms with Crippen LogP contribution in [0, 0.1) is 0 Å². The van der Waals surface area contributed by atoms with E-state index in [2.05, 4.69) is 4.98 Å². The van der Waals surface area contributed by atoms with Crippen molar-refractivity contribution < 1.29 is 4.79 Å². The van der Waals surface area contributed by atoms with Crippen LogP contribution < -0.4 is 10.6 Å². The third-order valence-electron chi connectivity index (χ3n) is 2.70. The van der Waals surface area contributed by atoms with Gasteiger partial charge in [0.15, 0.2) is 0 Å². The van der Waals surface area contributed by atoms with Crippen LogP contribution in [0.15, 0.2) is 40.1 Å². The predicted octanol–water partition coefficient (Wildman–Crippen LogP) is 1.93. The fourth-order valence-electron chi connectivity index (χ4n) is 1.71. The van der Waals surface area contributed by atoms with Crippen LogP contribution in [-0.2, 0) is 0 Å². The molecule has 0 N–H and O–H groups in total. The Kier molecular flexibility index (Phi) is 2.92. The average Bonchev–Trinajstić information content (AvgIpc) is 3.08. The van der Waals surface area contributed by atoms with Gasteiger partial charge in [0.05, 0.1) is 10.4 Å².